The van der Waals surface area contributed by atoms with Crippen molar-refractivity contribution in [2.24, 2.45) is 0 Å². The van der Waals surface area contributed by atoms with Crippen LogP contribution in [0.4, 0.5) is 0 Å². The Morgan fingerprint density at radius 2 is 1.85 bits per heavy atom. The van der Waals surface area contributed by atoms with Gasteiger partial charge in [0.05, 0.1) is 6.61 Å². The second-order valence-corrected chi connectivity index (χ2v) is 6.09. The van der Waals surface area contributed by atoms with Gasteiger partial charge in [0, 0.05) is 10.0 Å². The molecule has 0 heterocycles. The highest BCUT2D eigenvalue weighted by molar-refractivity contribution is 9.10. The van der Waals surface area contributed by atoms with Crippen LogP contribution < -0.4 is 5.32 Å². The molecule has 108 valence electrons. The summed E-state index contributed by atoms with van der Waals surface area (Å²) >= 11 is 3.41. The normalized spacial score (nSPS) is 15.6. The summed E-state index contributed by atoms with van der Waals surface area (Å²) in [6, 6.07) is 3.79. The van der Waals surface area contributed by atoms with E-state index in [2.05, 4.69) is 21.2 Å². The molecular formula is C15H18BrNO3. The molecule has 1 amide bonds. The van der Waals surface area contributed by atoms with Crippen LogP contribution in [0.5, 0.6) is 0 Å². The van der Waals surface area contributed by atoms with E-state index in [9.17, 15) is 9.59 Å². The number of benzene rings is 1. The molecule has 0 atom stereocenters. The first kappa shape index (κ1) is 15.0. The van der Waals surface area contributed by atoms with E-state index in [1.54, 1.807) is 6.92 Å². The topological polar surface area (TPSA) is 55.4 Å². The van der Waals surface area contributed by atoms with E-state index < -0.39 is 5.54 Å². The average molecular weight is 340 g/mol. The lowest BCUT2D eigenvalue weighted by Crippen LogP contribution is -2.44. The Bertz CT molecular complexity index is 541. The van der Waals surface area contributed by atoms with Crippen molar-refractivity contribution in [3.63, 3.8) is 0 Å². The monoisotopic (exact) mass is 339 g/mol. The van der Waals surface area contributed by atoms with Gasteiger partial charge in [-0.3, -0.25) is 4.79 Å². The van der Waals surface area contributed by atoms with Crippen LogP contribution in [0.3, 0.4) is 0 Å². The molecule has 0 radical (unpaired) electrons. The summed E-state index contributed by atoms with van der Waals surface area (Å²) in [5, 5.41) is 2.84. The highest BCUT2D eigenvalue weighted by Crippen LogP contribution is 2.37. The second kappa shape index (κ2) is 5.56. The van der Waals surface area contributed by atoms with E-state index in [1.807, 2.05) is 26.0 Å². The van der Waals surface area contributed by atoms with Crippen LogP contribution in [0.2, 0.25) is 0 Å². The van der Waals surface area contributed by atoms with Crippen molar-refractivity contribution in [3.8, 4) is 0 Å². The van der Waals surface area contributed by atoms with Gasteiger partial charge in [0.1, 0.15) is 5.54 Å². The van der Waals surface area contributed by atoms with Crippen molar-refractivity contribution in [3.05, 3.63) is 33.3 Å². The third-order valence-corrected chi connectivity index (χ3v) is 3.95. The van der Waals surface area contributed by atoms with Gasteiger partial charge in [-0.25, -0.2) is 4.79 Å². The molecule has 2 rings (SSSR count). The quantitative estimate of drug-likeness (QED) is 0.858. The molecule has 20 heavy (non-hydrogen) atoms. The minimum Gasteiger partial charge on any atom is -0.464 e. The smallest absolute Gasteiger partial charge is 0.331 e. The van der Waals surface area contributed by atoms with Crippen molar-refractivity contribution in [1.29, 1.82) is 0 Å². The van der Waals surface area contributed by atoms with Gasteiger partial charge in [0.2, 0.25) is 0 Å². The lowest BCUT2D eigenvalue weighted by molar-refractivity contribution is -0.146. The van der Waals surface area contributed by atoms with E-state index >= 15 is 0 Å². The molecule has 0 bridgehead atoms. The first-order valence-corrected chi connectivity index (χ1v) is 7.45. The molecular weight excluding hydrogens is 322 g/mol. The fraction of sp³-hybridized carbons (Fsp3) is 0.467. The summed E-state index contributed by atoms with van der Waals surface area (Å²) in [4.78, 5) is 24.3. The molecule has 1 aromatic carbocycles. The first-order valence-electron chi connectivity index (χ1n) is 6.66. The van der Waals surface area contributed by atoms with Crippen LogP contribution in [0.1, 0.15) is 41.3 Å². The summed E-state index contributed by atoms with van der Waals surface area (Å²) in [6.45, 7) is 5.86. The zero-order valence-corrected chi connectivity index (χ0v) is 13.5. The number of amides is 1. The zero-order chi connectivity index (χ0) is 14.9. The van der Waals surface area contributed by atoms with Gasteiger partial charge in [-0.15, -0.1) is 0 Å². The minimum atomic E-state index is -0.807. The number of halogens is 1. The summed E-state index contributed by atoms with van der Waals surface area (Å²) < 4.78 is 5.96. The van der Waals surface area contributed by atoms with Crippen LogP contribution >= 0.6 is 15.9 Å². The number of hydrogen-bond donors (Lipinski definition) is 1. The molecule has 1 saturated carbocycles. The first-order chi connectivity index (χ1) is 9.39. The van der Waals surface area contributed by atoms with Crippen molar-refractivity contribution in [2.75, 3.05) is 6.61 Å². The molecule has 1 aliphatic carbocycles. The Hall–Kier alpha value is -1.36. The molecule has 1 fully saturated rings. The highest BCUT2D eigenvalue weighted by Gasteiger charge is 2.52. The lowest BCUT2D eigenvalue weighted by Gasteiger charge is -2.18. The van der Waals surface area contributed by atoms with Crippen LogP contribution in [-0.4, -0.2) is 24.0 Å². The van der Waals surface area contributed by atoms with Gasteiger partial charge in [-0.1, -0.05) is 15.9 Å². The molecule has 4 nitrogen and oxygen atoms in total. The minimum absolute atomic E-state index is 0.210. The van der Waals surface area contributed by atoms with Crippen molar-refractivity contribution < 1.29 is 14.3 Å². The number of carbonyl (C=O) groups excluding carboxylic acids is 2. The van der Waals surface area contributed by atoms with Crippen LogP contribution in [0, 0.1) is 13.8 Å². The molecule has 0 aromatic heterocycles. The van der Waals surface area contributed by atoms with E-state index in [1.165, 1.54) is 0 Å². The van der Waals surface area contributed by atoms with Gasteiger partial charge < -0.3 is 10.1 Å². The van der Waals surface area contributed by atoms with Crippen LogP contribution in [0.15, 0.2) is 16.6 Å². The zero-order valence-electron chi connectivity index (χ0n) is 11.9. The number of hydrogen-bond acceptors (Lipinski definition) is 3. The van der Waals surface area contributed by atoms with Crippen molar-refractivity contribution in [2.45, 2.75) is 39.2 Å². The predicted octanol–water partition coefficient (Wildman–Crippen LogP) is 2.89. The SMILES string of the molecule is CCOC(=O)C1(NC(=O)c2c(C)cc(Br)cc2C)CC1. The Kier molecular flexibility index (Phi) is 4.18. The molecule has 0 spiro atoms. The maximum atomic E-state index is 12.4. The van der Waals surface area contributed by atoms with Gasteiger partial charge in [-0.05, 0) is 56.9 Å². The second-order valence-electron chi connectivity index (χ2n) is 5.17. The summed E-state index contributed by atoms with van der Waals surface area (Å²) in [7, 11) is 0. The maximum Gasteiger partial charge on any atom is 0.331 e. The number of carbonyl (C=O) groups is 2. The summed E-state index contributed by atoms with van der Waals surface area (Å²) in [5.74, 6) is -0.543. The number of nitrogens with one attached hydrogen (secondary N) is 1. The fourth-order valence-corrected chi connectivity index (χ4v) is 3.01. The average Bonchev–Trinajstić information content (AvgIpc) is 3.08. The van der Waals surface area contributed by atoms with E-state index in [-0.39, 0.29) is 11.9 Å². The molecule has 5 heteroatoms. The van der Waals surface area contributed by atoms with E-state index in [0.29, 0.717) is 25.0 Å². The number of ether oxygens (including phenoxy) is 1. The Balaban J connectivity index is 2.20. The lowest BCUT2D eigenvalue weighted by atomic mass is 10.0. The number of aryl methyl sites for hydroxylation is 2. The maximum absolute atomic E-state index is 12.4. The molecule has 1 aliphatic rings. The number of esters is 1. The molecule has 0 aliphatic heterocycles. The van der Waals surface area contributed by atoms with Gasteiger partial charge >= 0.3 is 5.97 Å². The molecule has 0 saturated heterocycles. The Labute approximate surface area is 127 Å². The molecule has 0 unspecified atom stereocenters. The largest absolute Gasteiger partial charge is 0.464 e. The third kappa shape index (κ3) is 2.87. The van der Waals surface area contributed by atoms with E-state index in [4.69, 9.17) is 4.74 Å². The molecule has 1 N–H and O–H groups in total. The standard InChI is InChI=1S/C15H18BrNO3/c1-4-20-14(19)15(5-6-15)17-13(18)12-9(2)7-11(16)8-10(12)3/h7-8H,4-6H2,1-3H3,(H,17,18). The summed E-state index contributed by atoms with van der Waals surface area (Å²) in [5.41, 5.74) is 1.59. The van der Waals surface area contributed by atoms with Crippen molar-refractivity contribution >= 4 is 27.8 Å². The Morgan fingerprint density at radius 1 is 1.30 bits per heavy atom. The summed E-state index contributed by atoms with van der Waals surface area (Å²) in [6.07, 6.45) is 1.29. The van der Waals surface area contributed by atoms with Gasteiger partial charge in [-0.2, -0.15) is 0 Å². The highest BCUT2D eigenvalue weighted by atomic mass is 79.9. The fourth-order valence-electron chi connectivity index (χ4n) is 2.32. The molecule has 1 aromatic rings. The van der Waals surface area contributed by atoms with Gasteiger partial charge in [0.15, 0.2) is 0 Å². The van der Waals surface area contributed by atoms with Crippen LogP contribution in [-0.2, 0) is 9.53 Å². The van der Waals surface area contributed by atoms with E-state index in [0.717, 1.165) is 15.6 Å². The predicted molar refractivity (Wildman–Crippen MR) is 79.7 cm³/mol. The van der Waals surface area contributed by atoms with Gasteiger partial charge in [0.25, 0.3) is 5.91 Å². The van der Waals surface area contributed by atoms with Crippen LogP contribution in [0.25, 0.3) is 0 Å². The Morgan fingerprint density at radius 3 is 2.30 bits per heavy atom. The number of rotatable bonds is 4. The third-order valence-electron chi connectivity index (χ3n) is 3.49. The van der Waals surface area contributed by atoms with Crippen molar-refractivity contribution in [1.82, 2.24) is 5.32 Å².